The zero-order valence-corrected chi connectivity index (χ0v) is 12.0. The molecule has 1 unspecified atom stereocenters. The molecule has 0 saturated heterocycles. The maximum Gasteiger partial charge on any atom is 0.227 e. The molecule has 0 saturated carbocycles. The summed E-state index contributed by atoms with van der Waals surface area (Å²) in [5.74, 6) is 1.26. The van der Waals surface area contributed by atoms with Crippen LogP contribution >= 0.6 is 0 Å². The summed E-state index contributed by atoms with van der Waals surface area (Å²) in [5, 5.41) is 4.00. The smallest absolute Gasteiger partial charge is 0.227 e. The molecule has 2 N–H and O–H groups in total. The number of ether oxygens (including phenoxy) is 1. The SMILES string of the molecule is CCOC(CC)c1noc(CCc2ccccc2N)n1. The van der Waals surface area contributed by atoms with Crippen molar-refractivity contribution in [1.82, 2.24) is 10.1 Å². The van der Waals surface area contributed by atoms with Crippen LogP contribution < -0.4 is 5.73 Å². The molecule has 0 aliphatic heterocycles. The first-order valence-corrected chi connectivity index (χ1v) is 7.02. The highest BCUT2D eigenvalue weighted by Gasteiger charge is 2.16. The average Bonchev–Trinajstić information content (AvgIpc) is 2.92. The standard InChI is InChI=1S/C15H21N3O2/c1-3-13(19-4-2)15-17-14(20-18-15)10-9-11-7-5-6-8-12(11)16/h5-8,13H,3-4,9-10,16H2,1-2H3. The van der Waals surface area contributed by atoms with Crippen molar-refractivity contribution in [3.63, 3.8) is 0 Å². The van der Waals surface area contributed by atoms with Crippen molar-refractivity contribution in [2.24, 2.45) is 0 Å². The molecule has 0 bridgehead atoms. The minimum Gasteiger partial charge on any atom is -0.399 e. The molecule has 108 valence electrons. The molecule has 1 aromatic heterocycles. The lowest BCUT2D eigenvalue weighted by Gasteiger charge is -2.09. The number of nitrogens with two attached hydrogens (primary N) is 1. The molecule has 5 heteroatoms. The largest absolute Gasteiger partial charge is 0.399 e. The Bertz CT molecular complexity index is 539. The molecule has 0 aliphatic rings. The van der Waals surface area contributed by atoms with Gasteiger partial charge in [-0.05, 0) is 31.4 Å². The van der Waals surface area contributed by atoms with Crippen molar-refractivity contribution in [3.05, 3.63) is 41.5 Å². The van der Waals surface area contributed by atoms with Crippen LogP contribution in [0.4, 0.5) is 5.69 Å². The molecule has 5 nitrogen and oxygen atoms in total. The number of rotatable bonds is 7. The predicted molar refractivity (Wildman–Crippen MR) is 77.2 cm³/mol. The maximum atomic E-state index is 5.91. The van der Waals surface area contributed by atoms with Gasteiger partial charge in [0.25, 0.3) is 0 Å². The van der Waals surface area contributed by atoms with E-state index < -0.39 is 0 Å². The van der Waals surface area contributed by atoms with Crippen LogP contribution in [0.5, 0.6) is 0 Å². The van der Waals surface area contributed by atoms with E-state index in [1.54, 1.807) is 0 Å². The minimum absolute atomic E-state index is 0.0840. The number of nitrogen functional groups attached to an aromatic ring is 1. The number of nitrogens with zero attached hydrogens (tertiary/aromatic N) is 2. The van der Waals surface area contributed by atoms with Gasteiger partial charge in [0.2, 0.25) is 11.7 Å². The highest BCUT2D eigenvalue weighted by atomic mass is 16.5. The van der Waals surface area contributed by atoms with Gasteiger partial charge in [0.15, 0.2) is 0 Å². The summed E-state index contributed by atoms with van der Waals surface area (Å²) < 4.78 is 10.8. The predicted octanol–water partition coefficient (Wildman–Crippen LogP) is 2.92. The summed E-state index contributed by atoms with van der Waals surface area (Å²) in [6, 6.07) is 7.82. The lowest BCUT2D eigenvalue weighted by molar-refractivity contribution is 0.0518. The molecule has 2 aromatic rings. The topological polar surface area (TPSA) is 74.2 Å². The van der Waals surface area contributed by atoms with E-state index in [4.69, 9.17) is 15.0 Å². The van der Waals surface area contributed by atoms with E-state index in [9.17, 15) is 0 Å². The van der Waals surface area contributed by atoms with Crippen LogP contribution in [0, 0.1) is 0 Å². The third kappa shape index (κ3) is 3.57. The normalized spacial score (nSPS) is 12.5. The van der Waals surface area contributed by atoms with Gasteiger partial charge in [-0.3, -0.25) is 0 Å². The van der Waals surface area contributed by atoms with Crippen LogP contribution in [0.1, 0.15) is 43.7 Å². The first-order valence-electron chi connectivity index (χ1n) is 7.02. The van der Waals surface area contributed by atoms with E-state index in [1.165, 1.54) is 0 Å². The van der Waals surface area contributed by atoms with Gasteiger partial charge < -0.3 is 15.0 Å². The maximum absolute atomic E-state index is 5.91. The fourth-order valence-corrected chi connectivity index (χ4v) is 2.08. The molecule has 0 spiro atoms. The van der Waals surface area contributed by atoms with Crippen molar-refractivity contribution in [3.8, 4) is 0 Å². The summed E-state index contributed by atoms with van der Waals surface area (Å²) in [6.45, 7) is 4.64. The number of aryl methyl sites for hydroxylation is 2. The first kappa shape index (κ1) is 14.5. The summed E-state index contributed by atoms with van der Waals surface area (Å²) in [4.78, 5) is 4.40. The summed E-state index contributed by atoms with van der Waals surface area (Å²) >= 11 is 0. The van der Waals surface area contributed by atoms with Crippen LogP contribution in [0.25, 0.3) is 0 Å². The molecular formula is C15H21N3O2. The molecule has 0 radical (unpaired) electrons. The lowest BCUT2D eigenvalue weighted by atomic mass is 10.1. The molecule has 1 heterocycles. The zero-order chi connectivity index (χ0) is 14.4. The van der Waals surface area contributed by atoms with Crippen molar-refractivity contribution in [2.75, 3.05) is 12.3 Å². The minimum atomic E-state index is -0.0840. The highest BCUT2D eigenvalue weighted by molar-refractivity contribution is 5.46. The van der Waals surface area contributed by atoms with Crippen LogP contribution in [-0.2, 0) is 17.6 Å². The average molecular weight is 275 g/mol. The van der Waals surface area contributed by atoms with E-state index in [1.807, 2.05) is 38.1 Å². The Kier molecular flexibility index (Phi) is 5.12. The second-order valence-electron chi connectivity index (χ2n) is 4.60. The van der Waals surface area contributed by atoms with Crippen molar-refractivity contribution < 1.29 is 9.26 Å². The number of hydrogen-bond acceptors (Lipinski definition) is 5. The molecule has 0 amide bonds. The van der Waals surface area contributed by atoms with Gasteiger partial charge in [0.1, 0.15) is 6.10 Å². The van der Waals surface area contributed by atoms with E-state index in [-0.39, 0.29) is 6.10 Å². The van der Waals surface area contributed by atoms with Crippen molar-refractivity contribution in [1.29, 1.82) is 0 Å². The Morgan fingerprint density at radius 3 is 2.75 bits per heavy atom. The molecule has 2 rings (SSSR count). The monoisotopic (exact) mass is 275 g/mol. The Morgan fingerprint density at radius 1 is 1.25 bits per heavy atom. The molecule has 1 aromatic carbocycles. The van der Waals surface area contributed by atoms with Gasteiger partial charge >= 0.3 is 0 Å². The van der Waals surface area contributed by atoms with E-state index in [0.717, 1.165) is 24.1 Å². The first-order chi connectivity index (χ1) is 9.74. The van der Waals surface area contributed by atoms with Gasteiger partial charge in [0.05, 0.1) is 0 Å². The lowest BCUT2D eigenvalue weighted by Crippen LogP contribution is -2.05. The molecule has 1 atom stereocenters. The number of hydrogen-bond donors (Lipinski definition) is 1. The summed E-state index contributed by atoms with van der Waals surface area (Å²) in [5.41, 5.74) is 7.81. The second kappa shape index (κ2) is 7.05. The van der Waals surface area contributed by atoms with E-state index in [0.29, 0.717) is 24.7 Å². The second-order valence-corrected chi connectivity index (χ2v) is 4.60. The number of para-hydroxylation sites is 1. The van der Waals surface area contributed by atoms with Gasteiger partial charge in [-0.25, -0.2) is 0 Å². The fourth-order valence-electron chi connectivity index (χ4n) is 2.08. The van der Waals surface area contributed by atoms with E-state index in [2.05, 4.69) is 10.1 Å². The molecule has 20 heavy (non-hydrogen) atoms. The van der Waals surface area contributed by atoms with Gasteiger partial charge in [-0.1, -0.05) is 30.3 Å². The van der Waals surface area contributed by atoms with Crippen LogP contribution in [0.3, 0.4) is 0 Å². The quantitative estimate of drug-likeness (QED) is 0.786. The number of aromatic nitrogens is 2. The molecule has 0 aliphatic carbocycles. The van der Waals surface area contributed by atoms with Crippen LogP contribution in [-0.4, -0.2) is 16.7 Å². The number of benzene rings is 1. The van der Waals surface area contributed by atoms with Crippen molar-refractivity contribution >= 4 is 5.69 Å². The fraction of sp³-hybridized carbons (Fsp3) is 0.467. The van der Waals surface area contributed by atoms with Crippen LogP contribution in [0.2, 0.25) is 0 Å². The van der Waals surface area contributed by atoms with E-state index >= 15 is 0 Å². The number of anilines is 1. The van der Waals surface area contributed by atoms with Gasteiger partial charge in [0, 0.05) is 18.7 Å². The third-order valence-electron chi connectivity index (χ3n) is 3.17. The summed E-state index contributed by atoms with van der Waals surface area (Å²) in [7, 11) is 0. The summed E-state index contributed by atoms with van der Waals surface area (Å²) in [6.07, 6.45) is 2.22. The van der Waals surface area contributed by atoms with Crippen LogP contribution in [0.15, 0.2) is 28.8 Å². The highest BCUT2D eigenvalue weighted by Crippen LogP contribution is 2.19. The Morgan fingerprint density at radius 2 is 2.05 bits per heavy atom. The third-order valence-corrected chi connectivity index (χ3v) is 3.17. The molecular weight excluding hydrogens is 254 g/mol. The Labute approximate surface area is 119 Å². The zero-order valence-electron chi connectivity index (χ0n) is 12.0. The van der Waals surface area contributed by atoms with Crippen molar-refractivity contribution in [2.45, 2.75) is 39.2 Å². The van der Waals surface area contributed by atoms with Gasteiger partial charge in [-0.15, -0.1) is 0 Å². The molecule has 0 fully saturated rings. The van der Waals surface area contributed by atoms with Gasteiger partial charge in [-0.2, -0.15) is 4.98 Å². The Balaban J connectivity index is 1.98. The Hall–Kier alpha value is -1.88.